The highest BCUT2D eigenvalue weighted by Gasteiger charge is 2.16. The van der Waals surface area contributed by atoms with Crippen molar-refractivity contribution in [3.63, 3.8) is 0 Å². The number of aromatic nitrogens is 2. The van der Waals surface area contributed by atoms with Crippen molar-refractivity contribution < 1.29 is 4.79 Å². The molecule has 1 aromatic heterocycles. The van der Waals surface area contributed by atoms with Crippen molar-refractivity contribution >= 4 is 11.6 Å². The number of anilines is 1. The number of aryl methyl sites for hydroxylation is 1. The summed E-state index contributed by atoms with van der Waals surface area (Å²) >= 11 is 0. The summed E-state index contributed by atoms with van der Waals surface area (Å²) in [6.07, 6.45) is 0. The predicted molar refractivity (Wildman–Crippen MR) is 103 cm³/mol. The monoisotopic (exact) mass is 347 g/mol. The summed E-state index contributed by atoms with van der Waals surface area (Å²) in [6, 6.07) is 20.5. The normalized spacial score (nSPS) is 10.5. The molecule has 2 aromatic carbocycles. The summed E-state index contributed by atoms with van der Waals surface area (Å²) in [5.41, 5.74) is 2.09. The average molecular weight is 347 g/mol. The summed E-state index contributed by atoms with van der Waals surface area (Å²) < 4.78 is 1.42. The minimum atomic E-state index is -0.228. The lowest BCUT2D eigenvalue weighted by molar-refractivity contribution is -0.119. The molecule has 0 unspecified atom stereocenters. The zero-order valence-electron chi connectivity index (χ0n) is 14.9. The van der Waals surface area contributed by atoms with E-state index in [-0.39, 0.29) is 18.0 Å². The van der Waals surface area contributed by atoms with Gasteiger partial charge in [0.25, 0.3) is 5.56 Å². The van der Waals surface area contributed by atoms with Crippen LogP contribution in [0.15, 0.2) is 71.5 Å². The summed E-state index contributed by atoms with van der Waals surface area (Å²) in [5, 5.41) is 0. The lowest BCUT2D eigenvalue weighted by Crippen LogP contribution is -2.37. The van der Waals surface area contributed by atoms with E-state index < -0.39 is 0 Å². The molecule has 0 saturated heterocycles. The van der Waals surface area contributed by atoms with Crippen molar-refractivity contribution in [2.75, 3.05) is 11.4 Å². The Bertz CT molecular complexity index is 950. The molecular formula is C21H21N3O2. The molecule has 1 heterocycles. The van der Waals surface area contributed by atoms with Crippen LogP contribution < -0.4 is 10.5 Å². The number of carbonyl (C=O) groups excluding carboxylic acids is 1. The van der Waals surface area contributed by atoms with Crippen molar-refractivity contribution in [2.24, 2.45) is 0 Å². The van der Waals surface area contributed by atoms with Crippen LogP contribution in [-0.4, -0.2) is 22.0 Å². The molecule has 0 aliphatic heterocycles. The molecule has 0 radical (unpaired) electrons. The average Bonchev–Trinajstić information content (AvgIpc) is 2.66. The third-order valence-corrected chi connectivity index (χ3v) is 4.25. The molecule has 0 saturated carbocycles. The highest BCUT2D eigenvalue weighted by Crippen LogP contribution is 2.16. The molecule has 0 atom stereocenters. The largest absolute Gasteiger partial charge is 0.311 e. The molecule has 3 rings (SSSR count). The Morgan fingerprint density at radius 2 is 1.65 bits per heavy atom. The summed E-state index contributed by atoms with van der Waals surface area (Å²) in [6.45, 7) is 4.17. The molecule has 0 fully saturated rings. The quantitative estimate of drug-likeness (QED) is 0.712. The van der Waals surface area contributed by atoms with E-state index in [1.165, 1.54) is 10.6 Å². The fourth-order valence-electron chi connectivity index (χ4n) is 2.90. The Labute approximate surface area is 152 Å². The van der Waals surface area contributed by atoms with E-state index in [0.717, 1.165) is 11.3 Å². The fraction of sp³-hybridized carbons (Fsp3) is 0.190. The van der Waals surface area contributed by atoms with Gasteiger partial charge in [0.1, 0.15) is 12.4 Å². The van der Waals surface area contributed by atoms with Crippen molar-refractivity contribution in [1.82, 2.24) is 9.55 Å². The minimum absolute atomic E-state index is 0.0323. The maximum Gasteiger partial charge on any atom is 0.254 e. The maximum atomic E-state index is 12.7. The van der Waals surface area contributed by atoms with Crippen LogP contribution in [0.5, 0.6) is 0 Å². The van der Waals surface area contributed by atoms with Crippen LogP contribution in [0.3, 0.4) is 0 Å². The molecule has 0 bridgehead atoms. The number of hydrogen-bond donors (Lipinski definition) is 0. The number of hydrogen-bond acceptors (Lipinski definition) is 3. The number of rotatable bonds is 5. The second-order valence-electron chi connectivity index (χ2n) is 5.95. The van der Waals surface area contributed by atoms with Crippen LogP contribution in [0.25, 0.3) is 11.3 Å². The molecule has 26 heavy (non-hydrogen) atoms. The predicted octanol–water partition coefficient (Wildman–Crippen LogP) is 3.27. The molecule has 5 nitrogen and oxygen atoms in total. The van der Waals surface area contributed by atoms with Gasteiger partial charge in [0, 0.05) is 23.9 Å². The van der Waals surface area contributed by atoms with E-state index >= 15 is 0 Å². The Morgan fingerprint density at radius 1 is 1.04 bits per heavy atom. The van der Waals surface area contributed by atoms with Crippen molar-refractivity contribution in [3.8, 4) is 11.3 Å². The van der Waals surface area contributed by atoms with Gasteiger partial charge in [-0.3, -0.25) is 14.2 Å². The van der Waals surface area contributed by atoms with Crippen LogP contribution in [0, 0.1) is 6.92 Å². The van der Waals surface area contributed by atoms with Gasteiger partial charge in [0.15, 0.2) is 0 Å². The highest BCUT2D eigenvalue weighted by molar-refractivity contribution is 5.93. The first-order valence-corrected chi connectivity index (χ1v) is 8.59. The van der Waals surface area contributed by atoms with E-state index in [2.05, 4.69) is 4.98 Å². The first-order valence-electron chi connectivity index (χ1n) is 8.59. The Hall–Kier alpha value is -3.21. The lowest BCUT2D eigenvalue weighted by atomic mass is 10.1. The molecule has 1 amide bonds. The second-order valence-corrected chi connectivity index (χ2v) is 5.95. The van der Waals surface area contributed by atoms with Crippen molar-refractivity contribution in [2.45, 2.75) is 20.4 Å². The number of para-hydroxylation sites is 1. The zero-order chi connectivity index (χ0) is 18.5. The van der Waals surface area contributed by atoms with Crippen LogP contribution >= 0.6 is 0 Å². The highest BCUT2D eigenvalue weighted by atomic mass is 16.2. The topological polar surface area (TPSA) is 55.2 Å². The van der Waals surface area contributed by atoms with E-state index in [1.807, 2.05) is 67.6 Å². The number of benzene rings is 2. The Balaban J connectivity index is 1.88. The number of likely N-dealkylation sites (N-methyl/N-ethyl adjacent to an activating group) is 1. The second kappa shape index (κ2) is 7.78. The molecule has 132 valence electrons. The SMILES string of the molecule is CCN(C(=O)Cn1c(C)nc(-c2ccccc2)cc1=O)c1ccccc1. The zero-order valence-corrected chi connectivity index (χ0v) is 14.9. The molecule has 3 aromatic rings. The maximum absolute atomic E-state index is 12.7. The van der Waals surface area contributed by atoms with Gasteiger partial charge in [0.05, 0.1) is 5.69 Å². The van der Waals surface area contributed by atoms with Gasteiger partial charge in [0.2, 0.25) is 5.91 Å². The van der Waals surface area contributed by atoms with Gasteiger partial charge in [-0.15, -0.1) is 0 Å². The first-order chi connectivity index (χ1) is 12.6. The van der Waals surface area contributed by atoms with Gasteiger partial charge >= 0.3 is 0 Å². The molecule has 0 N–H and O–H groups in total. The van der Waals surface area contributed by atoms with Gasteiger partial charge in [-0.2, -0.15) is 0 Å². The van der Waals surface area contributed by atoms with Crippen LogP contribution in [0.4, 0.5) is 5.69 Å². The van der Waals surface area contributed by atoms with E-state index in [0.29, 0.717) is 18.1 Å². The molecule has 0 aliphatic rings. The van der Waals surface area contributed by atoms with Crippen LogP contribution in [0.1, 0.15) is 12.7 Å². The van der Waals surface area contributed by atoms with E-state index in [9.17, 15) is 9.59 Å². The molecule has 5 heteroatoms. The summed E-state index contributed by atoms with van der Waals surface area (Å²) in [4.78, 5) is 31.5. The van der Waals surface area contributed by atoms with Gasteiger partial charge in [-0.1, -0.05) is 48.5 Å². The van der Waals surface area contributed by atoms with E-state index in [1.54, 1.807) is 11.8 Å². The summed E-state index contributed by atoms with van der Waals surface area (Å²) in [7, 11) is 0. The lowest BCUT2D eigenvalue weighted by Gasteiger charge is -2.22. The van der Waals surface area contributed by atoms with Crippen LogP contribution in [-0.2, 0) is 11.3 Å². The van der Waals surface area contributed by atoms with Crippen molar-refractivity contribution in [3.05, 3.63) is 82.9 Å². The van der Waals surface area contributed by atoms with E-state index in [4.69, 9.17) is 0 Å². The number of carbonyl (C=O) groups is 1. The molecule has 0 spiro atoms. The van der Waals surface area contributed by atoms with Gasteiger partial charge < -0.3 is 4.90 Å². The summed E-state index contributed by atoms with van der Waals surface area (Å²) in [5.74, 6) is 0.381. The van der Waals surface area contributed by atoms with Gasteiger partial charge in [-0.05, 0) is 26.0 Å². The Morgan fingerprint density at radius 3 is 2.23 bits per heavy atom. The standard InChI is InChI=1S/C21H21N3O2/c1-3-23(18-12-8-5-9-13-18)21(26)15-24-16(2)22-19(14-20(24)25)17-10-6-4-7-11-17/h4-14H,3,15H2,1-2H3. The smallest absolute Gasteiger partial charge is 0.254 e. The number of nitrogens with zero attached hydrogens (tertiary/aromatic N) is 3. The molecule has 0 aliphatic carbocycles. The third kappa shape index (κ3) is 3.72. The number of amides is 1. The van der Waals surface area contributed by atoms with Crippen molar-refractivity contribution in [1.29, 1.82) is 0 Å². The fourth-order valence-corrected chi connectivity index (χ4v) is 2.90. The Kier molecular flexibility index (Phi) is 5.27. The van der Waals surface area contributed by atoms with Gasteiger partial charge in [-0.25, -0.2) is 4.98 Å². The minimum Gasteiger partial charge on any atom is -0.311 e. The molecular weight excluding hydrogens is 326 g/mol. The first kappa shape index (κ1) is 17.6. The third-order valence-electron chi connectivity index (χ3n) is 4.25. The van der Waals surface area contributed by atoms with Crippen LogP contribution in [0.2, 0.25) is 0 Å².